The van der Waals surface area contributed by atoms with Crippen molar-refractivity contribution in [1.82, 2.24) is 0 Å². The largest absolute Gasteiger partial charge is 0.493 e. The second-order valence-corrected chi connectivity index (χ2v) is 3.78. The van der Waals surface area contributed by atoms with Crippen molar-refractivity contribution < 1.29 is 28.7 Å². The Morgan fingerprint density at radius 3 is 2.27 bits per heavy atom. The van der Waals surface area contributed by atoms with Crippen molar-refractivity contribution in [3.8, 4) is 23.3 Å². The zero-order chi connectivity index (χ0) is 16.7. The molecule has 0 heterocycles. The van der Waals surface area contributed by atoms with Gasteiger partial charge in [0.05, 0.1) is 31.8 Å². The minimum Gasteiger partial charge on any atom is -0.493 e. The Morgan fingerprint density at radius 1 is 1.18 bits per heavy atom. The molecule has 0 saturated heterocycles. The number of ether oxygens (including phenoxy) is 3. The van der Waals surface area contributed by atoms with E-state index in [0.717, 1.165) is 12.1 Å². The minimum atomic E-state index is -0.902. The molecule has 0 unspecified atom stereocenters. The molecule has 0 bridgehead atoms. The van der Waals surface area contributed by atoms with Crippen LogP contribution in [0.1, 0.15) is 17.3 Å². The average Bonchev–Trinajstić information content (AvgIpc) is 2.51. The molecule has 1 aromatic rings. The number of rotatable bonds is 5. The van der Waals surface area contributed by atoms with Crippen LogP contribution in [0.15, 0.2) is 12.1 Å². The van der Waals surface area contributed by atoms with Gasteiger partial charge < -0.3 is 14.2 Å². The summed E-state index contributed by atoms with van der Waals surface area (Å²) in [7, 11) is 2.63. The Labute approximate surface area is 126 Å². The van der Waals surface area contributed by atoms with E-state index in [9.17, 15) is 19.7 Å². The zero-order valence-corrected chi connectivity index (χ0v) is 12.2. The minimum absolute atomic E-state index is 0.101. The summed E-state index contributed by atoms with van der Waals surface area (Å²) < 4.78 is 14.5. The van der Waals surface area contributed by atoms with Gasteiger partial charge in [-0.1, -0.05) is 0 Å². The third-order valence-electron chi connectivity index (χ3n) is 2.50. The monoisotopic (exact) mass is 307 g/mol. The zero-order valence-electron chi connectivity index (χ0n) is 12.2. The second kappa shape index (κ2) is 7.64. The fourth-order valence-corrected chi connectivity index (χ4v) is 1.54. The van der Waals surface area contributed by atoms with Crippen LogP contribution in [-0.2, 0) is 9.53 Å². The van der Waals surface area contributed by atoms with Crippen LogP contribution in [0.5, 0.6) is 11.5 Å². The van der Waals surface area contributed by atoms with Gasteiger partial charge in [-0.15, -0.1) is 0 Å². The number of benzene rings is 1. The van der Waals surface area contributed by atoms with Crippen molar-refractivity contribution in [3.05, 3.63) is 27.8 Å². The molecule has 0 radical (unpaired) electrons. The summed E-state index contributed by atoms with van der Waals surface area (Å²) in [5.41, 5.74) is -0.805. The van der Waals surface area contributed by atoms with E-state index >= 15 is 0 Å². The smallest absolute Gasteiger partial charge is 0.384 e. The molecule has 0 aliphatic carbocycles. The lowest BCUT2D eigenvalue weighted by atomic mass is 10.1. The molecule has 116 valence electrons. The molecule has 0 fully saturated rings. The summed E-state index contributed by atoms with van der Waals surface area (Å²) in [4.78, 5) is 33.4. The van der Waals surface area contributed by atoms with Crippen LogP contribution in [0, 0.1) is 22.0 Å². The fraction of sp³-hybridized carbons (Fsp3) is 0.286. The summed E-state index contributed by atoms with van der Waals surface area (Å²) in [6, 6.07) is 2.19. The van der Waals surface area contributed by atoms with Crippen molar-refractivity contribution in [2.45, 2.75) is 6.92 Å². The number of esters is 1. The summed E-state index contributed by atoms with van der Waals surface area (Å²) >= 11 is 0. The first-order valence-corrected chi connectivity index (χ1v) is 6.08. The van der Waals surface area contributed by atoms with Crippen molar-refractivity contribution in [2.75, 3.05) is 20.8 Å². The van der Waals surface area contributed by atoms with Crippen LogP contribution >= 0.6 is 0 Å². The first kappa shape index (κ1) is 17.0. The molecule has 22 heavy (non-hydrogen) atoms. The van der Waals surface area contributed by atoms with Gasteiger partial charge in [-0.25, -0.2) is 4.79 Å². The Morgan fingerprint density at radius 2 is 1.77 bits per heavy atom. The number of carbonyl (C=O) groups excluding carboxylic acids is 2. The van der Waals surface area contributed by atoms with Gasteiger partial charge in [-0.05, 0) is 12.8 Å². The number of nitrogens with zero attached hydrogens (tertiary/aromatic N) is 1. The van der Waals surface area contributed by atoms with E-state index in [1.54, 1.807) is 6.92 Å². The molecule has 0 aliphatic rings. The van der Waals surface area contributed by atoms with Crippen LogP contribution in [0.3, 0.4) is 0 Å². The van der Waals surface area contributed by atoms with Crippen LogP contribution in [0.25, 0.3) is 0 Å². The number of nitro benzene ring substituents is 1. The number of hydrogen-bond acceptors (Lipinski definition) is 7. The molecule has 1 rings (SSSR count). The first-order chi connectivity index (χ1) is 10.4. The standard InChI is InChI=1S/C14H13NO7/c1-4-22-14(17)6-5-11(16)9-7-12(20-2)13(21-3)8-10(9)15(18)19/h7-8H,4H2,1-3H3. The Hall–Kier alpha value is -3.08. The van der Waals surface area contributed by atoms with Crippen LogP contribution in [0.2, 0.25) is 0 Å². The number of hydrogen-bond donors (Lipinski definition) is 0. The normalized spacial score (nSPS) is 9.23. The molecule has 0 amide bonds. The highest BCUT2D eigenvalue weighted by atomic mass is 16.6. The maximum Gasteiger partial charge on any atom is 0.384 e. The second-order valence-electron chi connectivity index (χ2n) is 3.78. The highest BCUT2D eigenvalue weighted by Gasteiger charge is 2.23. The van der Waals surface area contributed by atoms with Gasteiger partial charge in [0.1, 0.15) is 5.56 Å². The van der Waals surface area contributed by atoms with Gasteiger partial charge in [-0.3, -0.25) is 14.9 Å². The predicted molar refractivity (Wildman–Crippen MR) is 74.9 cm³/mol. The van der Waals surface area contributed by atoms with Crippen molar-refractivity contribution >= 4 is 17.4 Å². The third kappa shape index (κ3) is 3.96. The van der Waals surface area contributed by atoms with Gasteiger partial charge in [0, 0.05) is 12.0 Å². The van der Waals surface area contributed by atoms with E-state index in [0.29, 0.717) is 0 Å². The molecule has 0 saturated carbocycles. The lowest BCUT2D eigenvalue weighted by Gasteiger charge is -2.08. The topological polar surface area (TPSA) is 105 Å². The average molecular weight is 307 g/mol. The highest BCUT2D eigenvalue weighted by Crippen LogP contribution is 2.34. The summed E-state index contributed by atoms with van der Waals surface area (Å²) in [6.07, 6.45) is 0. The van der Waals surface area contributed by atoms with E-state index in [2.05, 4.69) is 4.74 Å². The van der Waals surface area contributed by atoms with E-state index in [1.807, 2.05) is 11.8 Å². The maximum absolute atomic E-state index is 12.0. The van der Waals surface area contributed by atoms with Gasteiger partial charge in [0.15, 0.2) is 11.5 Å². The van der Waals surface area contributed by atoms with Crippen molar-refractivity contribution in [2.24, 2.45) is 0 Å². The lowest BCUT2D eigenvalue weighted by molar-refractivity contribution is -0.385. The van der Waals surface area contributed by atoms with Crippen LogP contribution in [0.4, 0.5) is 5.69 Å². The van der Waals surface area contributed by atoms with Gasteiger partial charge in [0.2, 0.25) is 5.78 Å². The number of carbonyl (C=O) groups is 2. The highest BCUT2D eigenvalue weighted by molar-refractivity contribution is 6.14. The van der Waals surface area contributed by atoms with E-state index in [1.165, 1.54) is 14.2 Å². The van der Waals surface area contributed by atoms with Crippen LogP contribution in [-0.4, -0.2) is 37.5 Å². The lowest BCUT2D eigenvalue weighted by Crippen LogP contribution is -2.05. The first-order valence-electron chi connectivity index (χ1n) is 6.08. The van der Waals surface area contributed by atoms with Gasteiger partial charge in [0.25, 0.3) is 5.69 Å². The van der Waals surface area contributed by atoms with E-state index < -0.39 is 22.4 Å². The number of nitro groups is 1. The molecule has 8 heteroatoms. The SMILES string of the molecule is CCOC(=O)C#CC(=O)c1cc(OC)c(OC)cc1[N+](=O)[O-]. The molecule has 0 aliphatic heterocycles. The van der Waals surface area contributed by atoms with Gasteiger partial charge >= 0.3 is 5.97 Å². The molecule has 8 nitrogen and oxygen atoms in total. The molecule has 0 aromatic heterocycles. The molecular formula is C14H13NO7. The quantitative estimate of drug-likeness (QED) is 0.154. The summed E-state index contributed by atoms with van der Waals surface area (Å²) in [5.74, 6) is 2.40. The maximum atomic E-state index is 12.0. The Kier molecular flexibility index (Phi) is 5.89. The fourth-order valence-electron chi connectivity index (χ4n) is 1.54. The summed E-state index contributed by atoms with van der Waals surface area (Å²) in [5, 5.41) is 11.1. The molecule has 1 aromatic carbocycles. The summed E-state index contributed by atoms with van der Waals surface area (Å²) in [6.45, 7) is 1.69. The van der Waals surface area contributed by atoms with Crippen LogP contribution < -0.4 is 9.47 Å². The molecular weight excluding hydrogens is 294 g/mol. The number of Topliss-reactive ketones (excluding diaryl/α,β-unsaturated/α-hetero) is 1. The Bertz CT molecular complexity index is 670. The van der Waals surface area contributed by atoms with Crippen molar-refractivity contribution in [3.63, 3.8) is 0 Å². The predicted octanol–water partition coefficient (Wildman–Crippen LogP) is 1.36. The Balaban J connectivity index is 3.29. The third-order valence-corrected chi connectivity index (χ3v) is 2.50. The number of ketones is 1. The molecule has 0 spiro atoms. The van der Waals surface area contributed by atoms with Crippen molar-refractivity contribution in [1.29, 1.82) is 0 Å². The van der Waals surface area contributed by atoms with Gasteiger partial charge in [-0.2, -0.15) is 0 Å². The number of methoxy groups -OCH3 is 2. The molecule has 0 atom stereocenters. The van der Waals surface area contributed by atoms with E-state index in [4.69, 9.17) is 9.47 Å². The van der Waals surface area contributed by atoms with E-state index in [-0.39, 0.29) is 23.7 Å². The molecule has 0 N–H and O–H groups in total.